The van der Waals surface area contributed by atoms with E-state index in [2.05, 4.69) is 15.4 Å². The fourth-order valence-corrected chi connectivity index (χ4v) is 2.08. The maximum atomic E-state index is 12.1. The van der Waals surface area contributed by atoms with E-state index in [1.807, 2.05) is 0 Å². The first kappa shape index (κ1) is 18.6. The maximum absolute atomic E-state index is 12.1. The van der Waals surface area contributed by atoms with Gasteiger partial charge < -0.3 is 20.1 Å². The van der Waals surface area contributed by atoms with Crippen molar-refractivity contribution in [2.75, 3.05) is 19.8 Å². The molecule has 1 saturated heterocycles. The number of morpholine rings is 1. The molecule has 0 radical (unpaired) electrons. The third-order valence-electron chi connectivity index (χ3n) is 3.04. The van der Waals surface area contributed by atoms with Crippen LogP contribution in [0.1, 0.15) is 12.0 Å². The van der Waals surface area contributed by atoms with Gasteiger partial charge in [-0.3, -0.25) is 4.79 Å². The number of benzene rings is 1. The normalized spacial score (nSPS) is 17.7. The predicted molar refractivity (Wildman–Crippen MR) is 79.4 cm³/mol. The van der Waals surface area contributed by atoms with E-state index in [4.69, 9.17) is 4.74 Å². The fourth-order valence-electron chi connectivity index (χ4n) is 2.08. The zero-order valence-electron chi connectivity index (χ0n) is 11.9. The second-order valence-corrected chi connectivity index (χ2v) is 4.73. The highest BCUT2D eigenvalue weighted by molar-refractivity contribution is 5.85. The summed E-state index contributed by atoms with van der Waals surface area (Å²) in [5.74, 6) is -0.0303. The quantitative estimate of drug-likeness (QED) is 0.830. The van der Waals surface area contributed by atoms with Crippen molar-refractivity contribution in [1.29, 1.82) is 0 Å². The Morgan fingerprint density at radius 3 is 3.00 bits per heavy atom. The highest BCUT2D eigenvalue weighted by Gasteiger charge is 2.16. The van der Waals surface area contributed by atoms with Crippen molar-refractivity contribution >= 4 is 18.3 Å². The molecule has 2 N–H and O–H groups in total. The Kier molecular flexibility index (Phi) is 8.08. The molecule has 0 spiro atoms. The average Bonchev–Trinajstić information content (AvgIpc) is 2.46. The van der Waals surface area contributed by atoms with Crippen molar-refractivity contribution in [3.05, 3.63) is 29.8 Å². The van der Waals surface area contributed by atoms with Crippen LogP contribution >= 0.6 is 12.4 Å². The van der Waals surface area contributed by atoms with Gasteiger partial charge in [0, 0.05) is 25.6 Å². The molecular weight excluding hydrogens is 318 g/mol. The summed E-state index contributed by atoms with van der Waals surface area (Å²) in [5.41, 5.74) is 0.703. The summed E-state index contributed by atoms with van der Waals surface area (Å²) in [6.07, 6.45) is 0.327. The Labute approximate surface area is 133 Å². The molecule has 1 aliphatic heterocycles. The lowest BCUT2D eigenvalue weighted by atomic mass is 10.1. The third kappa shape index (κ3) is 6.55. The number of nitrogens with one attached hydrogen (secondary N) is 2. The zero-order valence-corrected chi connectivity index (χ0v) is 12.7. The SMILES string of the molecule is Cl.O=C(CC1COCCN1)NCc1cccc(OC(F)F)c1. The Bertz CT molecular complexity index is 471. The van der Waals surface area contributed by atoms with E-state index in [9.17, 15) is 13.6 Å². The van der Waals surface area contributed by atoms with E-state index < -0.39 is 6.61 Å². The first-order chi connectivity index (χ1) is 10.1. The molecule has 1 aromatic carbocycles. The van der Waals surface area contributed by atoms with Crippen LogP contribution in [0.25, 0.3) is 0 Å². The van der Waals surface area contributed by atoms with Gasteiger partial charge in [0.2, 0.25) is 5.91 Å². The molecule has 1 atom stereocenters. The molecule has 124 valence electrons. The molecule has 1 heterocycles. The third-order valence-corrected chi connectivity index (χ3v) is 3.04. The monoisotopic (exact) mass is 336 g/mol. The van der Waals surface area contributed by atoms with Crippen molar-refractivity contribution in [3.8, 4) is 5.75 Å². The Morgan fingerprint density at radius 1 is 1.50 bits per heavy atom. The van der Waals surface area contributed by atoms with Gasteiger partial charge >= 0.3 is 6.61 Å². The summed E-state index contributed by atoms with van der Waals surface area (Å²) >= 11 is 0. The van der Waals surface area contributed by atoms with Crippen molar-refractivity contribution in [3.63, 3.8) is 0 Å². The largest absolute Gasteiger partial charge is 0.435 e. The summed E-state index contributed by atoms with van der Waals surface area (Å²) in [6.45, 7) is -0.662. The van der Waals surface area contributed by atoms with Crippen molar-refractivity contribution in [2.24, 2.45) is 0 Å². The number of alkyl halides is 2. The Morgan fingerprint density at radius 2 is 2.32 bits per heavy atom. The number of halogens is 3. The Hall–Kier alpha value is -1.44. The van der Waals surface area contributed by atoms with Gasteiger partial charge in [-0.15, -0.1) is 12.4 Å². The van der Waals surface area contributed by atoms with Crippen LogP contribution in [0.15, 0.2) is 24.3 Å². The lowest BCUT2D eigenvalue weighted by Crippen LogP contribution is -2.44. The summed E-state index contributed by atoms with van der Waals surface area (Å²) in [4.78, 5) is 11.8. The molecule has 1 aromatic rings. The van der Waals surface area contributed by atoms with Crippen molar-refractivity contribution in [1.82, 2.24) is 10.6 Å². The van der Waals surface area contributed by atoms with Gasteiger partial charge in [0.05, 0.1) is 13.2 Å². The van der Waals surface area contributed by atoms with Crippen LogP contribution in [-0.2, 0) is 16.1 Å². The van der Waals surface area contributed by atoms with E-state index in [1.54, 1.807) is 12.1 Å². The van der Waals surface area contributed by atoms with Gasteiger partial charge in [-0.25, -0.2) is 0 Å². The van der Waals surface area contributed by atoms with Crippen LogP contribution in [0.2, 0.25) is 0 Å². The van der Waals surface area contributed by atoms with E-state index in [0.29, 0.717) is 25.2 Å². The lowest BCUT2D eigenvalue weighted by molar-refractivity contribution is -0.122. The van der Waals surface area contributed by atoms with Gasteiger partial charge in [-0.1, -0.05) is 12.1 Å². The van der Waals surface area contributed by atoms with Crippen molar-refractivity contribution < 1.29 is 23.0 Å². The number of ether oxygens (including phenoxy) is 2. The second-order valence-electron chi connectivity index (χ2n) is 4.73. The first-order valence-electron chi connectivity index (χ1n) is 6.75. The molecule has 5 nitrogen and oxygen atoms in total. The summed E-state index contributed by atoms with van der Waals surface area (Å²) < 4.78 is 33.8. The standard InChI is InChI=1S/C14H18F2N2O3.ClH/c15-14(16)21-12-3-1-2-10(6-12)8-18-13(19)7-11-9-20-5-4-17-11;/h1-3,6,11,14,17H,4-5,7-9H2,(H,18,19);1H. The van der Waals surface area contributed by atoms with Crippen LogP contribution in [0.5, 0.6) is 5.75 Å². The highest BCUT2D eigenvalue weighted by Crippen LogP contribution is 2.15. The highest BCUT2D eigenvalue weighted by atomic mass is 35.5. The average molecular weight is 337 g/mol. The number of carbonyl (C=O) groups excluding carboxylic acids is 1. The molecule has 0 saturated carbocycles. The number of hydrogen-bond donors (Lipinski definition) is 2. The van der Waals surface area contributed by atoms with E-state index in [1.165, 1.54) is 12.1 Å². The predicted octanol–water partition coefficient (Wildman–Crippen LogP) is 1.70. The number of rotatable bonds is 6. The van der Waals surface area contributed by atoms with E-state index >= 15 is 0 Å². The molecule has 1 amide bonds. The molecule has 1 fully saturated rings. The van der Waals surface area contributed by atoms with E-state index in [-0.39, 0.29) is 36.7 Å². The van der Waals surface area contributed by atoms with Crippen LogP contribution < -0.4 is 15.4 Å². The van der Waals surface area contributed by atoms with Gasteiger partial charge in [0.1, 0.15) is 5.75 Å². The minimum atomic E-state index is -2.85. The molecule has 1 aliphatic rings. The topological polar surface area (TPSA) is 59.6 Å². The van der Waals surface area contributed by atoms with Gasteiger partial charge in [-0.2, -0.15) is 8.78 Å². The molecule has 2 rings (SSSR count). The molecule has 22 heavy (non-hydrogen) atoms. The fraction of sp³-hybridized carbons (Fsp3) is 0.500. The lowest BCUT2D eigenvalue weighted by Gasteiger charge is -2.23. The van der Waals surface area contributed by atoms with Crippen molar-refractivity contribution in [2.45, 2.75) is 25.6 Å². The minimum Gasteiger partial charge on any atom is -0.435 e. The minimum absolute atomic E-state index is 0. The van der Waals surface area contributed by atoms with Gasteiger partial charge in [0.15, 0.2) is 0 Å². The van der Waals surface area contributed by atoms with Gasteiger partial charge in [-0.05, 0) is 17.7 Å². The molecule has 8 heteroatoms. The van der Waals surface area contributed by atoms with Crippen LogP contribution in [-0.4, -0.2) is 38.3 Å². The molecule has 0 aliphatic carbocycles. The molecule has 0 bridgehead atoms. The maximum Gasteiger partial charge on any atom is 0.387 e. The van der Waals surface area contributed by atoms with E-state index in [0.717, 1.165) is 6.54 Å². The first-order valence-corrected chi connectivity index (χ1v) is 6.75. The number of amides is 1. The van der Waals surface area contributed by atoms with Crippen LogP contribution in [0.4, 0.5) is 8.78 Å². The zero-order chi connectivity index (χ0) is 15.1. The second kappa shape index (κ2) is 9.55. The summed E-state index contributed by atoms with van der Waals surface area (Å²) in [6, 6.07) is 6.29. The molecular formula is C14H19ClF2N2O3. The molecule has 1 unspecified atom stereocenters. The van der Waals surface area contributed by atoms with Gasteiger partial charge in [0.25, 0.3) is 0 Å². The Balaban J connectivity index is 0.00000242. The summed E-state index contributed by atoms with van der Waals surface area (Å²) in [7, 11) is 0. The molecule has 0 aromatic heterocycles. The van der Waals surface area contributed by atoms with Crippen LogP contribution in [0, 0.1) is 0 Å². The smallest absolute Gasteiger partial charge is 0.387 e. The number of carbonyl (C=O) groups is 1. The number of hydrogen-bond acceptors (Lipinski definition) is 4. The summed E-state index contributed by atoms with van der Waals surface area (Å²) in [5, 5.41) is 5.94. The van der Waals surface area contributed by atoms with Crippen LogP contribution in [0.3, 0.4) is 0 Å².